The highest BCUT2D eigenvalue weighted by atomic mass is 35.5. The summed E-state index contributed by atoms with van der Waals surface area (Å²) in [6, 6.07) is 6.56. The average Bonchev–Trinajstić information content (AvgIpc) is 2.79. The van der Waals surface area contributed by atoms with Crippen LogP contribution in [0.4, 0.5) is 4.39 Å². The van der Waals surface area contributed by atoms with Crippen molar-refractivity contribution in [2.45, 2.75) is 25.9 Å². The quantitative estimate of drug-likeness (QED) is 0.866. The van der Waals surface area contributed by atoms with Crippen molar-refractivity contribution < 1.29 is 9.18 Å². The molecule has 118 valence electrons. The van der Waals surface area contributed by atoms with Gasteiger partial charge in [-0.2, -0.15) is 0 Å². The molecule has 0 aromatic heterocycles. The van der Waals surface area contributed by atoms with E-state index < -0.39 is 0 Å². The maximum atomic E-state index is 12.8. The topological polar surface area (TPSA) is 58.4 Å². The normalized spacial score (nSPS) is 21.9. The molecule has 1 aromatic carbocycles. The summed E-state index contributed by atoms with van der Waals surface area (Å²) in [5, 5.41) is 2.86. The number of likely N-dealkylation sites (tertiary alicyclic amines) is 1. The van der Waals surface area contributed by atoms with Gasteiger partial charge >= 0.3 is 0 Å². The molecule has 4 nitrogen and oxygen atoms in total. The van der Waals surface area contributed by atoms with Crippen molar-refractivity contribution >= 4 is 18.3 Å². The van der Waals surface area contributed by atoms with Crippen LogP contribution in [0.15, 0.2) is 24.3 Å². The van der Waals surface area contributed by atoms with Crippen LogP contribution in [-0.2, 0) is 11.3 Å². The van der Waals surface area contributed by atoms with Crippen LogP contribution in [0, 0.1) is 11.7 Å². The second-order valence-corrected chi connectivity index (χ2v) is 5.52. The van der Waals surface area contributed by atoms with Gasteiger partial charge in [0.2, 0.25) is 5.91 Å². The Morgan fingerprint density at radius 1 is 1.43 bits per heavy atom. The number of amides is 1. The van der Waals surface area contributed by atoms with Crippen LogP contribution in [0.3, 0.4) is 0 Å². The number of nitrogens with zero attached hydrogens (tertiary/aromatic N) is 1. The zero-order valence-electron chi connectivity index (χ0n) is 12.2. The van der Waals surface area contributed by atoms with Gasteiger partial charge in [0.15, 0.2) is 0 Å². The SMILES string of the molecule is CC1CC(CN)CN1CC(=O)NCc1ccc(F)cc1.Cl. The highest BCUT2D eigenvalue weighted by Gasteiger charge is 2.29. The molecule has 0 aliphatic carbocycles. The summed E-state index contributed by atoms with van der Waals surface area (Å²) >= 11 is 0. The molecular weight excluding hydrogens is 293 g/mol. The van der Waals surface area contributed by atoms with Crippen LogP contribution >= 0.6 is 12.4 Å². The van der Waals surface area contributed by atoms with Crippen molar-refractivity contribution in [3.63, 3.8) is 0 Å². The molecule has 0 bridgehead atoms. The van der Waals surface area contributed by atoms with Gasteiger partial charge in [0, 0.05) is 19.1 Å². The molecule has 1 saturated heterocycles. The largest absolute Gasteiger partial charge is 0.351 e. The summed E-state index contributed by atoms with van der Waals surface area (Å²) in [5.41, 5.74) is 6.58. The molecular formula is C15H23ClFN3O. The van der Waals surface area contributed by atoms with Gasteiger partial charge in [-0.3, -0.25) is 9.69 Å². The first kappa shape index (κ1) is 17.9. The first-order chi connectivity index (χ1) is 9.58. The summed E-state index contributed by atoms with van der Waals surface area (Å²) in [7, 11) is 0. The van der Waals surface area contributed by atoms with Crippen LogP contribution in [0.25, 0.3) is 0 Å². The minimum Gasteiger partial charge on any atom is -0.351 e. The molecule has 0 saturated carbocycles. The number of hydrogen-bond donors (Lipinski definition) is 2. The van der Waals surface area contributed by atoms with E-state index >= 15 is 0 Å². The molecule has 1 aliphatic rings. The van der Waals surface area contributed by atoms with E-state index in [2.05, 4.69) is 17.1 Å². The van der Waals surface area contributed by atoms with Crippen LogP contribution < -0.4 is 11.1 Å². The molecule has 3 N–H and O–H groups in total. The van der Waals surface area contributed by atoms with Gasteiger partial charge < -0.3 is 11.1 Å². The van der Waals surface area contributed by atoms with Crippen molar-refractivity contribution in [1.82, 2.24) is 10.2 Å². The number of carbonyl (C=O) groups is 1. The summed E-state index contributed by atoms with van der Waals surface area (Å²) < 4.78 is 12.8. The van der Waals surface area contributed by atoms with Gasteiger partial charge in [0.1, 0.15) is 5.82 Å². The van der Waals surface area contributed by atoms with E-state index in [1.54, 1.807) is 12.1 Å². The van der Waals surface area contributed by atoms with Gasteiger partial charge in [0.25, 0.3) is 0 Å². The fourth-order valence-corrected chi connectivity index (χ4v) is 2.65. The van der Waals surface area contributed by atoms with E-state index in [9.17, 15) is 9.18 Å². The zero-order valence-corrected chi connectivity index (χ0v) is 13.0. The van der Waals surface area contributed by atoms with Gasteiger partial charge in [-0.15, -0.1) is 12.4 Å². The number of nitrogens with two attached hydrogens (primary N) is 1. The van der Waals surface area contributed by atoms with E-state index in [0.29, 0.717) is 31.6 Å². The minimum absolute atomic E-state index is 0. The summed E-state index contributed by atoms with van der Waals surface area (Å²) in [5.74, 6) is 0.229. The average molecular weight is 316 g/mol. The molecule has 1 aliphatic heterocycles. The number of hydrogen-bond acceptors (Lipinski definition) is 3. The molecule has 6 heteroatoms. The molecule has 1 amide bonds. The molecule has 2 unspecified atom stereocenters. The third-order valence-corrected chi connectivity index (χ3v) is 3.87. The molecule has 0 spiro atoms. The minimum atomic E-state index is -0.265. The first-order valence-electron chi connectivity index (χ1n) is 7.03. The van der Waals surface area contributed by atoms with Crippen molar-refractivity contribution in [1.29, 1.82) is 0 Å². The third kappa shape index (κ3) is 5.26. The van der Waals surface area contributed by atoms with Crippen molar-refractivity contribution in [3.8, 4) is 0 Å². The van der Waals surface area contributed by atoms with Crippen LogP contribution in [0.1, 0.15) is 18.9 Å². The number of carbonyl (C=O) groups excluding carboxylic acids is 1. The molecule has 1 heterocycles. The van der Waals surface area contributed by atoms with E-state index in [-0.39, 0.29) is 24.1 Å². The van der Waals surface area contributed by atoms with Crippen molar-refractivity contribution in [2.75, 3.05) is 19.6 Å². The first-order valence-corrected chi connectivity index (χ1v) is 7.03. The Morgan fingerprint density at radius 2 is 2.10 bits per heavy atom. The second kappa shape index (κ2) is 8.32. The number of halogens is 2. The van der Waals surface area contributed by atoms with Gasteiger partial charge in [-0.1, -0.05) is 12.1 Å². The van der Waals surface area contributed by atoms with Gasteiger partial charge in [0.05, 0.1) is 6.54 Å². The van der Waals surface area contributed by atoms with E-state index in [0.717, 1.165) is 18.5 Å². The number of rotatable bonds is 5. The predicted octanol–water partition coefficient (Wildman–Crippen LogP) is 1.53. The highest BCUT2D eigenvalue weighted by molar-refractivity contribution is 5.85. The Balaban J connectivity index is 0.00000220. The van der Waals surface area contributed by atoms with Crippen LogP contribution in [0.5, 0.6) is 0 Å². The lowest BCUT2D eigenvalue weighted by Gasteiger charge is -2.20. The van der Waals surface area contributed by atoms with Crippen LogP contribution in [0.2, 0.25) is 0 Å². The van der Waals surface area contributed by atoms with E-state index in [1.165, 1.54) is 12.1 Å². The van der Waals surface area contributed by atoms with Gasteiger partial charge in [-0.25, -0.2) is 4.39 Å². The molecule has 0 radical (unpaired) electrons. The van der Waals surface area contributed by atoms with Crippen molar-refractivity contribution in [2.24, 2.45) is 11.7 Å². The smallest absolute Gasteiger partial charge is 0.234 e. The maximum Gasteiger partial charge on any atom is 0.234 e. The van der Waals surface area contributed by atoms with Gasteiger partial charge in [-0.05, 0) is 43.5 Å². The lowest BCUT2D eigenvalue weighted by atomic mass is 10.1. The lowest BCUT2D eigenvalue weighted by Crippen LogP contribution is -2.39. The summed E-state index contributed by atoms with van der Waals surface area (Å²) in [6.45, 7) is 4.53. The monoisotopic (exact) mass is 315 g/mol. The fourth-order valence-electron chi connectivity index (χ4n) is 2.65. The molecule has 21 heavy (non-hydrogen) atoms. The summed E-state index contributed by atoms with van der Waals surface area (Å²) in [6.07, 6.45) is 1.06. The molecule has 2 atom stereocenters. The highest BCUT2D eigenvalue weighted by Crippen LogP contribution is 2.21. The van der Waals surface area contributed by atoms with E-state index in [4.69, 9.17) is 5.73 Å². The fraction of sp³-hybridized carbons (Fsp3) is 0.533. The van der Waals surface area contributed by atoms with Crippen LogP contribution in [-0.4, -0.2) is 36.5 Å². The van der Waals surface area contributed by atoms with Crippen molar-refractivity contribution in [3.05, 3.63) is 35.6 Å². The third-order valence-electron chi connectivity index (χ3n) is 3.87. The van der Waals surface area contributed by atoms with E-state index in [1.807, 2.05) is 0 Å². The zero-order chi connectivity index (χ0) is 14.5. The second-order valence-electron chi connectivity index (χ2n) is 5.52. The predicted molar refractivity (Wildman–Crippen MR) is 83.7 cm³/mol. The number of benzene rings is 1. The molecule has 1 aromatic rings. The Morgan fingerprint density at radius 3 is 2.67 bits per heavy atom. The Bertz CT molecular complexity index is 455. The standard InChI is InChI=1S/C15H22FN3O.ClH/c1-11-6-13(7-17)9-19(11)10-15(20)18-8-12-2-4-14(16)5-3-12;/h2-5,11,13H,6-10,17H2,1H3,(H,18,20);1H. The molecule has 1 fully saturated rings. The Labute approximate surface area is 131 Å². The Kier molecular flexibility index (Phi) is 7.08. The Hall–Kier alpha value is -1.17. The molecule has 2 rings (SSSR count). The summed E-state index contributed by atoms with van der Waals surface area (Å²) in [4.78, 5) is 14.1. The maximum absolute atomic E-state index is 12.8. The number of nitrogens with one attached hydrogen (secondary N) is 1. The lowest BCUT2D eigenvalue weighted by molar-refractivity contribution is -0.122.